The molecule has 0 saturated carbocycles. The van der Waals surface area contributed by atoms with Gasteiger partial charge in [-0.05, 0) is 24.8 Å². The van der Waals surface area contributed by atoms with E-state index in [-0.39, 0.29) is 11.4 Å². The molecule has 0 unspecified atom stereocenters. The van der Waals surface area contributed by atoms with Crippen LogP contribution in [0, 0.1) is 5.41 Å². The van der Waals surface area contributed by atoms with Gasteiger partial charge in [0.1, 0.15) is 0 Å². The molecular formula is C12H25N3O. The molecule has 4 nitrogen and oxygen atoms in total. The molecule has 1 rings (SSSR count). The molecule has 4 heteroatoms. The number of amides is 2. The molecule has 0 aromatic carbocycles. The average Bonchev–Trinajstić information content (AvgIpc) is 2.56. The van der Waals surface area contributed by atoms with E-state index in [2.05, 4.69) is 13.8 Å². The highest BCUT2D eigenvalue weighted by Gasteiger charge is 2.24. The molecule has 1 fully saturated rings. The quantitative estimate of drug-likeness (QED) is 0.699. The molecular weight excluding hydrogens is 202 g/mol. The summed E-state index contributed by atoms with van der Waals surface area (Å²) in [5.41, 5.74) is 5.92. The molecule has 1 aliphatic heterocycles. The van der Waals surface area contributed by atoms with E-state index in [1.807, 2.05) is 11.9 Å². The van der Waals surface area contributed by atoms with Gasteiger partial charge in [-0.3, -0.25) is 0 Å². The number of hydrogen-bond donors (Lipinski definition) is 1. The fourth-order valence-electron chi connectivity index (χ4n) is 1.92. The Hall–Kier alpha value is -0.770. The zero-order valence-corrected chi connectivity index (χ0v) is 10.8. The third-order valence-corrected chi connectivity index (χ3v) is 3.39. The molecule has 2 amide bonds. The number of rotatable bonds is 6. The minimum atomic E-state index is 0.179. The van der Waals surface area contributed by atoms with Crippen molar-refractivity contribution in [3.8, 4) is 0 Å². The van der Waals surface area contributed by atoms with Gasteiger partial charge in [-0.2, -0.15) is 0 Å². The van der Waals surface area contributed by atoms with Gasteiger partial charge in [0.2, 0.25) is 0 Å². The van der Waals surface area contributed by atoms with Gasteiger partial charge in [0.25, 0.3) is 0 Å². The molecule has 2 N–H and O–H groups in total. The lowest BCUT2D eigenvalue weighted by Gasteiger charge is -2.22. The van der Waals surface area contributed by atoms with Crippen molar-refractivity contribution in [2.75, 3.05) is 33.2 Å². The summed E-state index contributed by atoms with van der Waals surface area (Å²) in [6.07, 6.45) is 3.38. The van der Waals surface area contributed by atoms with E-state index in [0.29, 0.717) is 0 Å². The van der Waals surface area contributed by atoms with Crippen molar-refractivity contribution in [2.45, 2.75) is 33.1 Å². The summed E-state index contributed by atoms with van der Waals surface area (Å²) < 4.78 is 0. The molecule has 0 atom stereocenters. The third kappa shape index (κ3) is 3.67. The molecule has 0 aromatic heterocycles. The Morgan fingerprint density at radius 3 is 2.50 bits per heavy atom. The SMILES string of the molecule is CN1CCN(CCCCC(C)(C)CN)C1=O. The van der Waals surface area contributed by atoms with Gasteiger partial charge in [0.05, 0.1) is 0 Å². The van der Waals surface area contributed by atoms with Gasteiger partial charge in [0, 0.05) is 26.7 Å². The maximum atomic E-state index is 11.6. The maximum absolute atomic E-state index is 11.6. The fourth-order valence-corrected chi connectivity index (χ4v) is 1.92. The first-order chi connectivity index (χ1) is 7.46. The Kier molecular flexibility index (Phi) is 4.59. The zero-order valence-electron chi connectivity index (χ0n) is 10.8. The predicted octanol–water partition coefficient (Wildman–Crippen LogP) is 1.51. The number of urea groups is 1. The van der Waals surface area contributed by atoms with Gasteiger partial charge in [-0.15, -0.1) is 0 Å². The second-order valence-electron chi connectivity index (χ2n) is 5.52. The topological polar surface area (TPSA) is 49.6 Å². The van der Waals surface area contributed by atoms with E-state index in [1.54, 1.807) is 4.90 Å². The third-order valence-electron chi connectivity index (χ3n) is 3.39. The van der Waals surface area contributed by atoms with Gasteiger partial charge >= 0.3 is 6.03 Å². The summed E-state index contributed by atoms with van der Waals surface area (Å²) in [5, 5.41) is 0. The molecule has 0 radical (unpaired) electrons. The van der Waals surface area contributed by atoms with E-state index < -0.39 is 0 Å². The van der Waals surface area contributed by atoms with Crippen LogP contribution >= 0.6 is 0 Å². The minimum absolute atomic E-state index is 0.179. The number of carbonyl (C=O) groups excluding carboxylic acids is 1. The number of carbonyl (C=O) groups is 1. The van der Waals surface area contributed by atoms with Crippen LogP contribution in [0.4, 0.5) is 4.79 Å². The first-order valence-corrected chi connectivity index (χ1v) is 6.16. The Bertz CT molecular complexity index is 240. The summed E-state index contributed by atoms with van der Waals surface area (Å²) in [7, 11) is 1.86. The molecule has 94 valence electrons. The van der Waals surface area contributed by atoms with Crippen LogP contribution in [0.1, 0.15) is 33.1 Å². The van der Waals surface area contributed by atoms with Gasteiger partial charge in [0.15, 0.2) is 0 Å². The largest absolute Gasteiger partial charge is 0.330 e. The smallest absolute Gasteiger partial charge is 0.319 e. The lowest BCUT2D eigenvalue weighted by molar-refractivity contribution is 0.197. The Balaban J connectivity index is 2.15. The van der Waals surface area contributed by atoms with Gasteiger partial charge < -0.3 is 15.5 Å². The van der Waals surface area contributed by atoms with Crippen molar-refractivity contribution >= 4 is 6.03 Å². The molecule has 1 aliphatic rings. The van der Waals surface area contributed by atoms with Gasteiger partial charge in [-0.25, -0.2) is 4.79 Å². The molecule has 1 heterocycles. The number of nitrogens with zero attached hydrogens (tertiary/aromatic N) is 2. The number of nitrogens with two attached hydrogens (primary N) is 1. The second kappa shape index (κ2) is 5.53. The van der Waals surface area contributed by atoms with Gasteiger partial charge in [-0.1, -0.05) is 20.3 Å². The maximum Gasteiger partial charge on any atom is 0.319 e. The number of likely N-dealkylation sites (N-methyl/N-ethyl adjacent to an activating group) is 1. The zero-order chi connectivity index (χ0) is 12.2. The standard InChI is InChI=1S/C12H25N3O/c1-12(2,10-13)6-4-5-7-15-9-8-14(3)11(15)16/h4-10,13H2,1-3H3. The average molecular weight is 227 g/mol. The predicted molar refractivity (Wildman–Crippen MR) is 66.3 cm³/mol. The molecule has 0 bridgehead atoms. The van der Waals surface area contributed by atoms with Crippen LogP contribution in [0.3, 0.4) is 0 Å². The minimum Gasteiger partial charge on any atom is -0.330 e. The van der Waals surface area contributed by atoms with E-state index in [0.717, 1.165) is 45.4 Å². The van der Waals surface area contributed by atoms with Crippen molar-refractivity contribution in [1.29, 1.82) is 0 Å². The summed E-state index contributed by atoms with van der Waals surface area (Å²) >= 11 is 0. The Morgan fingerprint density at radius 1 is 1.31 bits per heavy atom. The van der Waals surface area contributed by atoms with Crippen LogP contribution in [-0.4, -0.2) is 49.1 Å². The van der Waals surface area contributed by atoms with Crippen LogP contribution in [0.25, 0.3) is 0 Å². The molecule has 0 spiro atoms. The van der Waals surface area contributed by atoms with Crippen molar-refractivity contribution < 1.29 is 4.79 Å². The Morgan fingerprint density at radius 2 is 2.00 bits per heavy atom. The first kappa shape index (κ1) is 13.3. The van der Waals surface area contributed by atoms with E-state index >= 15 is 0 Å². The lowest BCUT2D eigenvalue weighted by atomic mass is 9.87. The van der Waals surface area contributed by atoms with Crippen molar-refractivity contribution in [3.05, 3.63) is 0 Å². The van der Waals surface area contributed by atoms with Crippen LogP contribution in [0.15, 0.2) is 0 Å². The van der Waals surface area contributed by atoms with Crippen molar-refractivity contribution in [3.63, 3.8) is 0 Å². The first-order valence-electron chi connectivity index (χ1n) is 6.16. The highest BCUT2D eigenvalue weighted by molar-refractivity contribution is 5.76. The lowest BCUT2D eigenvalue weighted by Crippen LogP contribution is -2.30. The van der Waals surface area contributed by atoms with E-state index in [1.165, 1.54) is 0 Å². The van der Waals surface area contributed by atoms with Crippen LogP contribution in [-0.2, 0) is 0 Å². The van der Waals surface area contributed by atoms with Crippen molar-refractivity contribution in [2.24, 2.45) is 11.1 Å². The van der Waals surface area contributed by atoms with Crippen molar-refractivity contribution in [1.82, 2.24) is 9.80 Å². The summed E-state index contributed by atoms with van der Waals surface area (Å²) in [4.78, 5) is 15.3. The summed E-state index contributed by atoms with van der Waals surface area (Å²) in [6, 6.07) is 0.179. The van der Waals surface area contributed by atoms with E-state index in [4.69, 9.17) is 5.73 Å². The summed E-state index contributed by atoms with van der Waals surface area (Å²) in [5.74, 6) is 0. The fraction of sp³-hybridized carbons (Fsp3) is 0.917. The molecule has 0 aliphatic carbocycles. The molecule has 16 heavy (non-hydrogen) atoms. The highest BCUT2D eigenvalue weighted by atomic mass is 16.2. The van der Waals surface area contributed by atoms with E-state index in [9.17, 15) is 4.79 Å². The van der Waals surface area contributed by atoms with Crippen LogP contribution in [0.2, 0.25) is 0 Å². The molecule has 0 aromatic rings. The summed E-state index contributed by atoms with van der Waals surface area (Å²) in [6.45, 7) is 7.77. The number of unbranched alkanes of at least 4 members (excludes halogenated alkanes) is 1. The Labute approximate surface area is 98.8 Å². The monoisotopic (exact) mass is 227 g/mol. The van der Waals surface area contributed by atoms with Crippen LogP contribution in [0.5, 0.6) is 0 Å². The molecule has 1 saturated heterocycles. The normalized spacial score (nSPS) is 17.4. The second-order valence-corrected chi connectivity index (χ2v) is 5.52. The highest BCUT2D eigenvalue weighted by Crippen LogP contribution is 2.21. The van der Waals surface area contributed by atoms with Crippen LogP contribution < -0.4 is 5.73 Å². The number of hydrogen-bond acceptors (Lipinski definition) is 2.